The molecule has 0 unspecified atom stereocenters. The fourth-order valence-corrected chi connectivity index (χ4v) is 0.506. The van der Waals surface area contributed by atoms with E-state index in [-0.39, 0.29) is 0 Å². The quantitative estimate of drug-likeness (QED) is 0.482. The minimum absolute atomic E-state index is 0.405. The molecule has 0 bridgehead atoms. The van der Waals surface area contributed by atoms with E-state index in [9.17, 15) is 0 Å². The van der Waals surface area contributed by atoms with Crippen LogP contribution in [0.3, 0.4) is 0 Å². The van der Waals surface area contributed by atoms with Gasteiger partial charge in [0.2, 0.25) is 5.82 Å². The smallest absolute Gasteiger partial charge is 0.272 e. The van der Waals surface area contributed by atoms with Gasteiger partial charge in [-0.2, -0.15) is 0 Å². The van der Waals surface area contributed by atoms with Crippen molar-refractivity contribution >= 4 is 5.82 Å². The zero-order valence-corrected chi connectivity index (χ0v) is 5.00. The molecule has 44 valence electrons. The van der Waals surface area contributed by atoms with Crippen molar-refractivity contribution in [2.24, 2.45) is 0 Å². The summed E-state index contributed by atoms with van der Waals surface area (Å²) in [6.07, 6.45) is 1.58. The standard InChI is InChI=1S/C6H5N3/c1-5-8-4-3-6(7-2)9-5/h3-4H,1H3. The molecule has 0 aromatic carbocycles. The molecule has 0 atom stereocenters. The lowest BCUT2D eigenvalue weighted by Crippen LogP contribution is -1.82. The molecule has 0 aliphatic rings. The Labute approximate surface area is 53.2 Å². The summed E-state index contributed by atoms with van der Waals surface area (Å²) in [4.78, 5) is 10.8. The van der Waals surface area contributed by atoms with E-state index in [1.165, 1.54) is 0 Å². The number of hydrogen-bond donors (Lipinski definition) is 0. The third-order valence-corrected chi connectivity index (χ3v) is 0.876. The van der Waals surface area contributed by atoms with Gasteiger partial charge in [-0.15, -0.1) is 4.98 Å². The Kier molecular flexibility index (Phi) is 1.41. The molecule has 0 aliphatic heterocycles. The highest BCUT2D eigenvalue weighted by Gasteiger charge is 1.92. The molecule has 3 heteroatoms. The Morgan fingerprint density at radius 3 is 2.89 bits per heavy atom. The van der Waals surface area contributed by atoms with Crippen molar-refractivity contribution in [2.75, 3.05) is 0 Å². The summed E-state index contributed by atoms with van der Waals surface area (Å²) in [6, 6.07) is 1.58. The van der Waals surface area contributed by atoms with Crippen LogP contribution < -0.4 is 0 Å². The summed E-state index contributed by atoms with van der Waals surface area (Å²) in [5, 5.41) is 0. The molecular weight excluding hydrogens is 114 g/mol. The van der Waals surface area contributed by atoms with Gasteiger partial charge in [0.1, 0.15) is 0 Å². The molecule has 0 fully saturated rings. The molecule has 9 heavy (non-hydrogen) atoms. The Morgan fingerprint density at radius 2 is 2.44 bits per heavy atom. The monoisotopic (exact) mass is 119 g/mol. The number of rotatable bonds is 0. The van der Waals surface area contributed by atoms with Crippen LogP contribution in [0.4, 0.5) is 5.82 Å². The third kappa shape index (κ3) is 1.23. The molecule has 0 amide bonds. The van der Waals surface area contributed by atoms with Gasteiger partial charge >= 0.3 is 0 Å². The second-order valence-electron chi connectivity index (χ2n) is 1.57. The van der Waals surface area contributed by atoms with E-state index in [1.807, 2.05) is 0 Å². The summed E-state index contributed by atoms with van der Waals surface area (Å²) in [5.41, 5.74) is 0. The Morgan fingerprint density at radius 1 is 1.67 bits per heavy atom. The van der Waals surface area contributed by atoms with Crippen LogP contribution in [0.1, 0.15) is 5.82 Å². The van der Waals surface area contributed by atoms with E-state index in [0.29, 0.717) is 11.6 Å². The normalized spacial score (nSPS) is 8.44. The molecule has 1 heterocycles. The fourth-order valence-electron chi connectivity index (χ4n) is 0.506. The number of aromatic nitrogens is 2. The Balaban J connectivity index is 3.12. The summed E-state index contributed by atoms with van der Waals surface area (Å²) >= 11 is 0. The minimum atomic E-state index is 0.405. The average molecular weight is 119 g/mol. The Bertz CT molecular complexity index is 249. The highest BCUT2D eigenvalue weighted by atomic mass is 14.9. The molecule has 3 nitrogen and oxygen atoms in total. The van der Waals surface area contributed by atoms with Crippen LogP contribution in [0.25, 0.3) is 4.85 Å². The zero-order valence-electron chi connectivity index (χ0n) is 5.00. The maximum Gasteiger partial charge on any atom is 0.272 e. The molecule has 1 aromatic heterocycles. The molecule has 0 spiro atoms. The first-order chi connectivity index (χ1) is 4.33. The van der Waals surface area contributed by atoms with Crippen LogP contribution in [-0.4, -0.2) is 9.97 Å². The van der Waals surface area contributed by atoms with Crippen molar-refractivity contribution < 1.29 is 0 Å². The first-order valence-corrected chi connectivity index (χ1v) is 2.50. The Hall–Kier alpha value is -1.43. The number of aryl methyl sites for hydroxylation is 1. The topological polar surface area (TPSA) is 30.1 Å². The van der Waals surface area contributed by atoms with E-state index in [1.54, 1.807) is 19.2 Å². The van der Waals surface area contributed by atoms with Gasteiger partial charge < -0.3 is 4.85 Å². The van der Waals surface area contributed by atoms with Crippen molar-refractivity contribution in [1.29, 1.82) is 0 Å². The lowest BCUT2D eigenvalue weighted by atomic mass is 10.5. The highest BCUT2D eigenvalue weighted by molar-refractivity contribution is 5.33. The van der Waals surface area contributed by atoms with Gasteiger partial charge in [0.15, 0.2) is 0 Å². The maximum absolute atomic E-state index is 6.58. The maximum atomic E-state index is 6.58. The number of nitrogens with zero attached hydrogens (tertiary/aromatic N) is 3. The van der Waals surface area contributed by atoms with Crippen LogP contribution in [0.5, 0.6) is 0 Å². The molecule has 0 saturated heterocycles. The summed E-state index contributed by atoms with van der Waals surface area (Å²) in [7, 11) is 0. The van der Waals surface area contributed by atoms with Crippen LogP contribution in [0.15, 0.2) is 12.3 Å². The summed E-state index contributed by atoms with van der Waals surface area (Å²) in [5.74, 6) is 1.05. The molecule has 0 aliphatic carbocycles. The fraction of sp³-hybridized carbons (Fsp3) is 0.167. The summed E-state index contributed by atoms with van der Waals surface area (Å²) in [6.45, 7) is 8.33. The number of hydrogen-bond acceptors (Lipinski definition) is 2. The first-order valence-electron chi connectivity index (χ1n) is 2.50. The van der Waals surface area contributed by atoms with Gasteiger partial charge in [-0.1, -0.05) is 6.57 Å². The van der Waals surface area contributed by atoms with Crippen LogP contribution >= 0.6 is 0 Å². The highest BCUT2D eigenvalue weighted by Crippen LogP contribution is 2.03. The van der Waals surface area contributed by atoms with Crippen molar-refractivity contribution in [1.82, 2.24) is 9.97 Å². The van der Waals surface area contributed by atoms with Crippen LogP contribution in [0, 0.1) is 13.5 Å². The van der Waals surface area contributed by atoms with Crippen molar-refractivity contribution in [3.05, 3.63) is 29.5 Å². The minimum Gasteiger partial charge on any atom is -0.361 e. The molecular formula is C6H5N3. The van der Waals surface area contributed by atoms with Gasteiger partial charge in [0.05, 0.1) is 0 Å². The summed E-state index contributed by atoms with van der Waals surface area (Å²) < 4.78 is 0. The largest absolute Gasteiger partial charge is 0.361 e. The zero-order chi connectivity index (χ0) is 6.69. The van der Waals surface area contributed by atoms with Crippen LogP contribution in [-0.2, 0) is 0 Å². The van der Waals surface area contributed by atoms with Crippen molar-refractivity contribution in [3.8, 4) is 0 Å². The second kappa shape index (κ2) is 2.23. The van der Waals surface area contributed by atoms with E-state index < -0.39 is 0 Å². The second-order valence-corrected chi connectivity index (χ2v) is 1.57. The van der Waals surface area contributed by atoms with E-state index in [0.717, 1.165) is 0 Å². The predicted molar refractivity (Wildman–Crippen MR) is 33.0 cm³/mol. The van der Waals surface area contributed by atoms with Gasteiger partial charge in [-0.3, -0.25) is 0 Å². The molecule has 0 saturated carbocycles. The van der Waals surface area contributed by atoms with Gasteiger partial charge in [-0.05, 0) is 6.07 Å². The molecule has 0 radical (unpaired) electrons. The van der Waals surface area contributed by atoms with E-state index in [2.05, 4.69) is 14.8 Å². The van der Waals surface area contributed by atoms with Gasteiger partial charge in [0.25, 0.3) is 5.82 Å². The molecule has 1 rings (SSSR count). The van der Waals surface area contributed by atoms with Crippen LogP contribution in [0.2, 0.25) is 0 Å². The van der Waals surface area contributed by atoms with Gasteiger partial charge in [-0.25, -0.2) is 4.98 Å². The van der Waals surface area contributed by atoms with Crippen molar-refractivity contribution in [3.63, 3.8) is 0 Å². The first kappa shape index (κ1) is 5.70. The SMILES string of the molecule is [C-]#[N+]c1ccnc(C)n1. The lowest BCUT2D eigenvalue weighted by Gasteiger charge is -1.84. The molecule has 1 aromatic rings. The lowest BCUT2D eigenvalue weighted by molar-refractivity contribution is 1.07. The molecule has 0 N–H and O–H groups in total. The average Bonchev–Trinajstić information content (AvgIpc) is 1.88. The van der Waals surface area contributed by atoms with Gasteiger partial charge in [0, 0.05) is 13.1 Å². The van der Waals surface area contributed by atoms with Crippen molar-refractivity contribution in [2.45, 2.75) is 6.92 Å². The van der Waals surface area contributed by atoms with E-state index >= 15 is 0 Å². The third-order valence-electron chi connectivity index (χ3n) is 0.876. The predicted octanol–water partition coefficient (Wildman–Crippen LogP) is 1.34. The van der Waals surface area contributed by atoms with E-state index in [4.69, 9.17) is 6.57 Å².